The number of hydrogen-bond acceptors (Lipinski definition) is 7. The van der Waals surface area contributed by atoms with Gasteiger partial charge in [0, 0.05) is 17.7 Å². The average molecular weight is 448 g/mol. The zero-order valence-corrected chi connectivity index (χ0v) is 17.6. The van der Waals surface area contributed by atoms with Gasteiger partial charge in [0.15, 0.2) is 6.61 Å². The Hall–Kier alpha value is -4.73. The third kappa shape index (κ3) is 6.62. The molecule has 0 atom stereocenters. The summed E-state index contributed by atoms with van der Waals surface area (Å²) in [6, 6.07) is 19.0. The van der Waals surface area contributed by atoms with Gasteiger partial charge in [0.25, 0.3) is 17.5 Å². The van der Waals surface area contributed by atoms with Crippen LogP contribution in [-0.4, -0.2) is 36.7 Å². The molecule has 0 aliphatic heterocycles. The van der Waals surface area contributed by atoms with Gasteiger partial charge >= 0.3 is 0 Å². The normalized spacial score (nSPS) is 10.5. The van der Waals surface area contributed by atoms with Crippen LogP contribution in [0.3, 0.4) is 0 Å². The Morgan fingerprint density at radius 2 is 1.82 bits per heavy atom. The topological polar surface area (TPSA) is 132 Å². The van der Waals surface area contributed by atoms with Crippen LogP contribution < -0.4 is 20.2 Å². The van der Waals surface area contributed by atoms with Crippen LogP contribution >= 0.6 is 0 Å². The van der Waals surface area contributed by atoms with Crippen molar-refractivity contribution in [1.29, 1.82) is 0 Å². The molecular formula is C23H20N4O6. The summed E-state index contributed by atoms with van der Waals surface area (Å²) < 4.78 is 10.7. The largest absolute Gasteiger partial charge is 0.495 e. The monoisotopic (exact) mass is 448 g/mol. The van der Waals surface area contributed by atoms with Crippen molar-refractivity contribution in [1.82, 2.24) is 5.43 Å². The number of anilines is 1. The average Bonchev–Trinajstić information content (AvgIpc) is 2.83. The highest BCUT2D eigenvalue weighted by Gasteiger charge is 2.09. The van der Waals surface area contributed by atoms with Gasteiger partial charge in [0.05, 0.1) is 23.9 Å². The summed E-state index contributed by atoms with van der Waals surface area (Å²) in [7, 11) is 1.52. The summed E-state index contributed by atoms with van der Waals surface area (Å²) in [4.78, 5) is 34.4. The number of nitrogens with one attached hydrogen (secondary N) is 2. The Bertz CT molecular complexity index is 1180. The summed E-state index contributed by atoms with van der Waals surface area (Å²) in [5.74, 6) is 0.117. The summed E-state index contributed by atoms with van der Waals surface area (Å²) in [6.07, 6.45) is 1.41. The van der Waals surface area contributed by atoms with E-state index in [0.717, 1.165) is 0 Å². The number of nitro benzene ring substituents is 1. The van der Waals surface area contributed by atoms with E-state index in [-0.39, 0.29) is 23.8 Å². The number of para-hydroxylation sites is 2. The van der Waals surface area contributed by atoms with E-state index in [1.807, 2.05) is 0 Å². The molecule has 33 heavy (non-hydrogen) atoms. The van der Waals surface area contributed by atoms with E-state index in [4.69, 9.17) is 9.47 Å². The first-order valence-corrected chi connectivity index (χ1v) is 9.70. The molecule has 0 fully saturated rings. The van der Waals surface area contributed by atoms with E-state index in [1.54, 1.807) is 48.5 Å². The van der Waals surface area contributed by atoms with Crippen molar-refractivity contribution in [2.45, 2.75) is 0 Å². The Balaban J connectivity index is 1.52. The quantitative estimate of drug-likeness (QED) is 0.293. The number of benzene rings is 3. The lowest BCUT2D eigenvalue weighted by atomic mass is 10.2. The third-order valence-corrected chi connectivity index (χ3v) is 4.33. The number of carbonyl (C=O) groups excluding carboxylic acids is 2. The van der Waals surface area contributed by atoms with Crippen LogP contribution in [0.5, 0.6) is 11.5 Å². The molecular weight excluding hydrogens is 428 g/mol. The molecule has 10 heteroatoms. The number of hydrogen-bond donors (Lipinski definition) is 2. The molecule has 0 spiro atoms. The number of nitro groups is 1. The second kappa shape index (κ2) is 11.0. The maximum Gasteiger partial charge on any atom is 0.271 e. The maximum absolute atomic E-state index is 12.2. The SMILES string of the molecule is COc1ccccc1NC(=O)COc1cccc(C=NNC(=O)c2ccc([N+](=O)[O-])cc2)c1. The molecule has 0 heterocycles. The molecule has 3 aromatic carbocycles. The summed E-state index contributed by atoms with van der Waals surface area (Å²) >= 11 is 0. The van der Waals surface area contributed by atoms with E-state index in [1.165, 1.54) is 37.6 Å². The van der Waals surface area contributed by atoms with Gasteiger partial charge in [0.2, 0.25) is 0 Å². The van der Waals surface area contributed by atoms with E-state index in [9.17, 15) is 19.7 Å². The van der Waals surface area contributed by atoms with Crippen molar-refractivity contribution >= 4 is 29.4 Å². The summed E-state index contributed by atoms with van der Waals surface area (Å²) in [6.45, 7) is -0.213. The predicted molar refractivity (Wildman–Crippen MR) is 122 cm³/mol. The molecule has 0 saturated heterocycles. The maximum atomic E-state index is 12.2. The van der Waals surface area contributed by atoms with Crippen LogP contribution in [0.4, 0.5) is 11.4 Å². The van der Waals surface area contributed by atoms with Crippen molar-refractivity contribution in [3.8, 4) is 11.5 Å². The van der Waals surface area contributed by atoms with E-state index < -0.39 is 10.8 Å². The van der Waals surface area contributed by atoms with Gasteiger partial charge in [0.1, 0.15) is 11.5 Å². The number of methoxy groups -OCH3 is 1. The minimum atomic E-state index is -0.545. The molecule has 2 N–H and O–H groups in total. The van der Waals surface area contributed by atoms with Gasteiger partial charge in [-0.25, -0.2) is 5.43 Å². The fourth-order valence-corrected chi connectivity index (χ4v) is 2.73. The Kier molecular flexibility index (Phi) is 7.68. The molecule has 0 unspecified atom stereocenters. The molecule has 0 radical (unpaired) electrons. The van der Waals surface area contributed by atoms with Crippen molar-refractivity contribution in [3.63, 3.8) is 0 Å². The first-order chi connectivity index (χ1) is 16.0. The summed E-state index contributed by atoms with van der Waals surface area (Å²) in [5.41, 5.74) is 3.64. The molecule has 3 aromatic rings. The van der Waals surface area contributed by atoms with Crippen LogP contribution in [0, 0.1) is 10.1 Å². The number of ether oxygens (including phenoxy) is 2. The van der Waals surface area contributed by atoms with E-state index in [2.05, 4.69) is 15.8 Å². The molecule has 0 aliphatic carbocycles. The highest BCUT2D eigenvalue weighted by molar-refractivity contribution is 5.95. The lowest BCUT2D eigenvalue weighted by Crippen LogP contribution is -2.20. The Labute approximate surface area is 189 Å². The molecule has 3 rings (SSSR count). The number of amides is 2. The number of non-ortho nitro benzene ring substituents is 1. The fourth-order valence-electron chi connectivity index (χ4n) is 2.73. The van der Waals surface area contributed by atoms with Crippen LogP contribution in [0.15, 0.2) is 77.9 Å². The van der Waals surface area contributed by atoms with Crippen molar-refractivity contribution in [2.24, 2.45) is 5.10 Å². The zero-order chi connectivity index (χ0) is 23.6. The van der Waals surface area contributed by atoms with Gasteiger partial charge < -0.3 is 14.8 Å². The molecule has 0 saturated carbocycles. The molecule has 0 bridgehead atoms. The van der Waals surface area contributed by atoms with Crippen LogP contribution in [0.25, 0.3) is 0 Å². The number of nitrogens with zero attached hydrogens (tertiary/aromatic N) is 2. The molecule has 0 aliphatic rings. The van der Waals surface area contributed by atoms with Gasteiger partial charge in [-0.3, -0.25) is 19.7 Å². The second-order valence-corrected chi connectivity index (χ2v) is 6.61. The zero-order valence-electron chi connectivity index (χ0n) is 17.6. The standard InChI is InChI=1S/C23H20N4O6/c1-32-21-8-3-2-7-20(21)25-22(28)15-33-19-6-4-5-16(13-19)14-24-26-23(29)17-9-11-18(12-10-17)27(30)31/h2-14H,15H2,1H3,(H,25,28)(H,26,29). The van der Waals surface area contributed by atoms with Crippen LogP contribution in [0.1, 0.15) is 15.9 Å². The minimum Gasteiger partial charge on any atom is -0.495 e. The Morgan fingerprint density at radius 3 is 2.55 bits per heavy atom. The van der Waals surface area contributed by atoms with Crippen molar-refractivity contribution in [2.75, 3.05) is 19.0 Å². The van der Waals surface area contributed by atoms with E-state index >= 15 is 0 Å². The van der Waals surface area contributed by atoms with Gasteiger partial charge in [-0.05, 0) is 42.0 Å². The summed E-state index contributed by atoms with van der Waals surface area (Å²) in [5, 5.41) is 17.3. The van der Waals surface area contributed by atoms with Gasteiger partial charge in [-0.1, -0.05) is 24.3 Å². The lowest BCUT2D eigenvalue weighted by molar-refractivity contribution is -0.384. The van der Waals surface area contributed by atoms with Crippen molar-refractivity contribution < 1.29 is 24.0 Å². The van der Waals surface area contributed by atoms with Gasteiger partial charge in [-0.2, -0.15) is 5.10 Å². The molecule has 10 nitrogen and oxygen atoms in total. The van der Waals surface area contributed by atoms with Gasteiger partial charge in [-0.15, -0.1) is 0 Å². The smallest absolute Gasteiger partial charge is 0.271 e. The highest BCUT2D eigenvalue weighted by Crippen LogP contribution is 2.23. The van der Waals surface area contributed by atoms with Crippen LogP contribution in [-0.2, 0) is 4.79 Å². The third-order valence-electron chi connectivity index (χ3n) is 4.33. The highest BCUT2D eigenvalue weighted by atomic mass is 16.6. The Morgan fingerprint density at radius 1 is 1.06 bits per heavy atom. The first kappa shape index (κ1) is 22.9. The van der Waals surface area contributed by atoms with E-state index in [0.29, 0.717) is 22.7 Å². The molecule has 2 amide bonds. The van der Waals surface area contributed by atoms with Crippen molar-refractivity contribution in [3.05, 3.63) is 94.0 Å². The predicted octanol–water partition coefficient (Wildman–Crippen LogP) is 3.38. The molecule has 0 aromatic heterocycles. The first-order valence-electron chi connectivity index (χ1n) is 9.70. The number of carbonyl (C=O) groups is 2. The number of rotatable bonds is 9. The second-order valence-electron chi connectivity index (χ2n) is 6.61. The lowest BCUT2D eigenvalue weighted by Gasteiger charge is -2.10. The minimum absolute atomic E-state index is 0.108. The fraction of sp³-hybridized carbons (Fsp3) is 0.0870. The van der Waals surface area contributed by atoms with Crippen LogP contribution in [0.2, 0.25) is 0 Å². The number of hydrazone groups is 1. The molecule has 168 valence electrons.